The highest BCUT2D eigenvalue weighted by atomic mass is 32.1. The molecule has 4 heteroatoms. The minimum absolute atomic E-state index is 0.727. The maximum Gasteiger partial charge on any atom is 0.125 e. The van der Waals surface area contributed by atoms with Gasteiger partial charge in [-0.15, -0.1) is 11.3 Å². The van der Waals surface area contributed by atoms with Crippen molar-refractivity contribution in [2.45, 2.75) is 20.0 Å². The molecule has 2 rings (SSSR count). The molecular formula is C14H18N2OS. The number of rotatable bonds is 5. The van der Waals surface area contributed by atoms with Crippen molar-refractivity contribution in [2.24, 2.45) is 0 Å². The van der Waals surface area contributed by atoms with Gasteiger partial charge in [-0.05, 0) is 30.0 Å². The molecule has 96 valence electrons. The van der Waals surface area contributed by atoms with E-state index in [2.05, 4.69) is 23.7 Å². The lowest BCUT2D eigenvalue weighted by Crippen LogP contribution is -2.13. The van der Waals surface area contributed by atoms with E-state index in [-0.39, 0.29) is 0 Å². The van der Waals surface area contributed by atoms with E-state index >= 15 is 0 Å². The van der Waals surface area contributed by atoms with Crippen molar-refractivity contribution in [3.05, 3.63) is 45.6 Å². The Bertz CT molecular complexity index is 522. The molecule has 0 bridgehead atoms. The molecule has 2 aromatic rings. The summed E-state index contributed by atoms with van der Waals surface area (Å²) in [5.74, 6) is 0.838. The van der Waals surface area contributed by atoms with Crippen molar-refractivity contribution in [2.75, 3.05) is 12.8 Å². The SMILES string of the molecule is COc1cc(N)ccc1CNCc1sccc1C. The molecule has 0 aliphatic rings. The van der Waals surface area contributed by atoms with Gasteiger partial charge in [-0.25, -0.2) is 0 Å². The number of methoxy groups -OCH3 is 1. The van der Waals surface area contributed by atoms with E-state index in [4.69, 9.17) is 10.5 Å². The average molecular weight is 262 g/mol. The number of thiophene rings is 1. The number of aryl methyl sites for hydroxylation is 1. The molecule has 0 spiro atoms. The summed E-state index contributed by atoms with van der Waals surface area (Å²) in [7, 11) is 1.67. The van der Waals surface area contributed by atoms with Gasteiger partial charge in [0.2, 0.25) is 0 Å². The van der Waals surface area contributed by atoms with E-state index in [0.717, 1.165) is 30.1 Å². The van der Waals surface area contributed by atoms with Crippen LogP contribution in [0.5, 0.6) is 5.75 Å². The Hall–Kier alpha value is -1.52. The van der Waals surface area contributed by atoms with Crippen LogP contribution in [0.25, 0.3) is 0 Å². The van der Waals surface area contributed by atoms with E-state index < -0.39 is 0 Å². The normalized spacial score (nSPS) is 10.6. The first-order chi connectivity index (χ1) is 8.70. The number of benzene rings is 1. The highest BCUT2D eigenvalue weighted by molar-refractivity contribution is 7.10. The lowest BCUT2D eigenvalue weighted by Gasteiger charge is -2.10. The van der Waals surface area contributed by atoms with Crippen LogP contribution in [-0.2, 0) is 13.1 Å². The van der Waals surface area contributed by atoms with Crippen LogP contribution in [-0.4, -0.2) is 7.11 Å². The van der Waals surface area contributed by atoms with Crippen molar-refractivity contribution in [3.8, 4) is 5.75 Å². The summed E-state index contributed by atoms with van der Waals surface area (Å²) < 4.78 is 5.32. The molecule has 1 heterocycles. The third kappa shape index (κ3) is 3.03. The molecule has 3 nitrogen and oxygen atoms in total. The maximum absolute atomic E-state index is 5.73. The third-order valence-corrected chi connectivity index (χ3v) is 3.90. The van der Waals surface area contributed by atoms with Gasteiger partial charge in [0, 0.05) is 35.3 Å². The fraction of sp³-hybridized carbons (Fsp3) is 0.286. The van der Waals surface area contributed by atoms with E-state index in [1.165, 1.54) is 10.4 Å². The van der Waals surface area contributed by atoms with E-state index in [0.29, 0.717) is 0 Å². The summed E-state index contributed by atoms with van der Waals surface area (Å²) in [5, 5.41) is 5.55. The van der Waals surface area contributed by atoms with Crippen LogP contribution in [0.15, 0.2) is 29.6 Å². The van der Waals surface area contributed by atoms with Gasteiger partial charge in [-0.3, -0.25) is 0 Å². The number of hydrogen-bond acceptors (Lipinski definition) is 4. The van der Waals surface area contributed by atoms with Crippen LogP contribution in [0.4, 0.5) is 5.69 Å². The first-order valence-electron chi connectivity index (χ1n) is 5.87. The number of ether oxygens (including phenoxy) is 1. The zero-order valence-corrected chi connectivity index (χ0v) is 11.5. The summed E-state index contributed by atoms with van der Waals surface area (Å²) in [5.41, 5.74) is 8.93. The predicted molar refractivity (Wildman–Crippen MR) is 77.0 cm³/mol. The van der Waals surface area contributed by atoms with Gasteiger partial charge in [0.15, 0.2) is 0 Å². The summed E-state index contributed by atoms with van der Waals surface area (Å²) in [6.07, 6.45) is 0. The van der Waals surface area contributed by atoms with Gasteiger partial charge >= 0.3 is 0 Å². The Morgan fingerprint density at radius 1 is 1.28 bits per heavy atom. The average Bonchev–Trinajstić information content (AvgIpc) is 2.77. The summed E-state index contributed by atoms with van der Waals surface area (Å²) >= 11 is 1.78. The fourth-order valence-corrected chi connectivity index (χ4v) is 2.68. The first kappa shape index (κ1) is 12.9. The van der Waals surface area contributed by atoms with Gasteiger partial charge in [0.25, 0.3) is 0 Å². The number of nitrogens with two attached hydrogens (primary N) is 1. The van der Waals surface area contributed by atoms with Crippen LogP contribution in [0.2, 0.25) is 0 Å². The number of hydrogen-bond donors (Lipinski definition) is 2. The van der Waals surface area contributed by atoms with Crippen molar-refractivity contribution >= 4 is 17.0 Å². The third-order valence-electron chi connectivity index (χ3n) is 2.88. The molecule has 1 aromatic carbocycles. The summed E-state index contributed by atoms with van der Waals surface area (Å²) in [6.45, 7) is 3.80. The van der Waals surface area contributed by atoms with Crippen LogP contribution in [0.3, 0.4) is 0 Å². The minimum Gasteiger partial charge on any atom is -0.496 e. The van der Waals surface area contributed by atoms with Crippen molar-refractivity contribution in [3.63, 3.8) is 0 Å². The lowest BCUT2D eigenvalue weighted by molar-refractivity contribution is 0.408. The second kappa shape index (κ2) is 5.89. The lowest BCUT2D eigenvalue weighted by atomic mass is 10.2. The zero-order valence-electron chi connectivity index (χ0n) is 10.7. The van der Waals surface area contributed by atoms with Crippen LogP contribution in [0.1, 0.15) is 16.0 Å². The van der Waals surface area contributed by atoms with Crippen LogP contribution in [0, 0.1) is 6.92 Å². The van der Waals surface area contributed by atoms with E-state index in [1.807, 2.05) is 18.2 Å². The topological polar surface area (TPSA) is 47.3 Å². The van der Waals surface area contributed by atoms with Gasteiger partial charge in [-0.1, -0.05) is 6.07 Å². The molecule has 0 saturated carbocycles. The molecule has 0 atom stereocenters. The van der Waals surface area contributed by atoms with Crippen molar-refractivity contribution < 1.29 is 4.74 Å². The van der Waals surface area contributed by atoms with Gasteiger partial charge in [0.05, 0.1) is 7.11 Å². The molecule has 18 heavy (non-hydrogen) atoms. The number of anilines is 1. The Morgan fingerprint density at radius 2 is 2.11 bits per heavy atom. The van der Waals surface area contributed by atoms with E-state index in [1.54, 1.807) is 18.4 Å². The van der Waals surface area contributed by atoms with Crippen molar-refractivity contribution in [1.29, 1.82) is 0 Å². The molecule has 0 fully saturated rings. The molecule has 0 radical (unpaired) electrons. The second-order valence-corrected chi connectivity index (χ2v) is 5.20. The number of nitrogen functional groups attached to an aromatic ring is 1. The van der Waals surface area contributed by atoms with Crippen LogP contribution >= 0.6 is 11.3 Å². The largest absolute Gasteiger partial charge is 0.496 e. The Morgan fingerprint density at radius 3 is 2.78 bits per heavy atom. The Labute approximate surface area is 112 Å². The highest BCUT2D eigenvalue weighted by Gasteiger charge is 2.04. The summed E-state index contributed by atoms with van der Waals surface area (Å²) in [4.78, 5) is 1.38. The van der Waals surface area contributed by atoms with Gasteiger partial charge in [0.1, 0.15) is 5.75 Å². The molecule has 0 aliphatic heterocycles. The molecule has 0 amide bonds. The number of nitrogens with one attached hydrogen (secondary N) is 1. The van der Waals surface area contributed by atoms with Gasteiger partial charge in [-0.2, -0.15) is 0 Å². The quantitative estimate of drug-likeness (QED) is 0.814. The van der Waals surface area contributed by atoms with E-state index in [9.17, 15) is 0 Å². The fourth-order valence-electron chi connectivity index (χ4n) is 1.80. The molecule has 0 unspecified atom stereocenters. The zero-order chi connectivity index (χ0) is 13.0. The smallest absolute Gasteiger partial charge is 0.125 e. The Balaban J connectivity index is 1.96. The Kier molecular flexibility index (Phi) is 4.23. The molecule has 3 N–H and O–H groups in total. The first-order valence-corrected chi connectivity index (χ1v) is 6.74. The minimum atomic E-state index is 0.727. The van der Waals surface area contributed by atoms with Crippen molar-refractivity contribution in [1.82, 2.24) is 5.32 Å². The molecular weight excluding hydrogens is 244 g/mol. The molecule has 0 aliphatic carbocycles. The highest BCUT2D eigenvalue weighted by Crippen LogP contribution is 2.21. The maximum atomic E-state index is 5.73. The van der Waals surface area contributed by atoms with Gasteiger partial charge < -0.3 is 15.8 Å². The molecule has 0 saturated heterocycles. The monoisotopic (exact) mass is 262 g/mol. The standard InChI is InChI=1S/C14H18N2OS/c1-10-5-6-18-14(10)9-16-8-11-3-4-12(15)7-13(11)17-2/h3-7,16H,8-9,15H2,1-2H3. The predicted octanol–water partition coefficient (Wildman–Crippen LogP) is 2.94. The second-order valence-electron chi connectivity index (χ2n) is 4.20. The summed E-state index contributed by atoms with van der Waals surface area (Å²) in [6, 6.07) is 7.90. The van der Waals surface area contributed by atoms with Crippen LogP contribution < -0.4 is 15.8 Å². The molecule has 1 aromatic heterocycles.